The summed E-state index contributed by atoms with van der Waals surface area (Å²) in [7, 11) is 0. The third kappa shape index (κ3) is 3.56. The molecule has 0 saturated carbocycles. The monoisotopic (exact) mass is 274 g/mol. The van der Waals surface area contributed by atoms with Crippen molar-refractivity contribution >= 4 is 23.2 Å². The Morgan fingerprint density at radius 3 is 2.47 bits per heavy atom. The molecule has 2 N–H and O–H groups in total. The third-order valence-electron chi connectivity index (χ3n) is 2.78. The minimum atomic E-state index is -0.133. The van der Waals surface area contributed by atoms with Crippen LogP contribution in [-0.4, -0.2) is 12.5 Å². The van der Waals surface area contributed by atoms with Crippen molar-refractivity contribution in [1.29, 1.82) is 0 Å². The quantitative estimate of drug-likeness (QED) is 0.932. The summed E-state index contributed by atoms with van der Waals surface area (Å²) in [5.41, 5.74) is 7.28. The van der Waals surface area contributed by atoms with Gasteiger partial charge in [0, 0.05) is 10.7 Å². The van der Waals surface area contributed by atoms with Gasteiger partial charge in [-0.3, -0.25) is 4.79 Å². The van der Waals surface area contributed by atoms with E-state index in [0.717, 1.165) is 11.3 Å². The van der Waals surface area contributed by atoms with Crippen molar-refractivity contribution < 1.29 is 4.79 Å². The summed E-state index contributed by atoms with van der Waals surface area (Å²) in [5, 5.41) is 0.598. The number of hydrogen-bond donors (Lipinski definition) is 1. The Morgan fingerprint density at radius 1 is 1.11 bits per heavy atom. The van der Waals surface area contributed by atoms with Gasteiger partial charge in [-0.25, -0.2) is 0 Å². The first kappa shape index (κ1) is 13.6. The van der Waals surface area contributed by atoms with Crippen molar-refractivity contribution in [3.63, 3.8) is 0 Å². The van der Waals surface area contributed by atoms with Gasteiger partial charge >= 0.3 is 0 Å². The first-order chi connectivity index (χ1) is 9.20. The molecule has 0 saturated heterocycles. The Balaban J connectivity index is 2.29. The lowest BCUT2D eigenvalue weighted by atomic mass is 10.2. The molecule has 0 aromatic heterocycles. The number of nitrogens with zero attached hydrogens (tertiary/aromatic N) is 1. The van der Waals surface area contributed by atoms with Crippen LogP contribution >= 0.6 is 11.6 Å². The van der Waals surface area contributed by atoms with Crippen molar-refractivity contribution in [3.8, 4) is 0 Å². The number of nitrogens with two attached hydrogens (primary N) is 1. The molecule has 2 aromatic rings. The van der Waals surface area contributed by atoms with Crippen LogP contribution < -0.4 is 10.6 Å². The van der Waals surface area contributed by atoms with E-state index in [1.165, 1.54) is 0 Å². The highest BCUT2D eigenvalue weighted by molar-refractivity contribution is 6.30. The molecule has 3 nitrogen and oxygen atoms in total. The Bertz CT molecular complexity index is 557. The van der Waals surface area contributed by atoms with Crippen LogP contribution in [-0.2, 0) is 11.3 Å². The predicted octanol–water partition coefficient (Wildman–Crippen LogP) is 2.83. The molecule has 0 atom stereocenters. The lowest BCUT2D eigenvalue weighted by Crippen LogP contribution is -2.35. The van der Waals surface area contributed by atoms with Gasteiger partial charge in [0.15, 0.2) is 0 Å². The SMILES string of the molecule is NCC(=O)N(Cc1ccccc1)c1cccc(Cl)c1. The number of rotatable bonds is 4. The highest BCUT2D eigenvalue weighted by Gasteiger charge is 2.14. The second kappa shape index (κ2) is 6.36. The Labute approximate surface area is 117 Å². The van der Waals surface area contributed by atoms with Crippen molar-refractivity contribution in [1.82, 2.24) is 0 Å². The van der Waals surface area contributed by atoms with Crippen LogP contribution in [0.4, 0.5) is 5.69 Å². The van der Waals surface area contributed by atoms with Crippen LogP contribution in [0.25, 0.3) is 0 Å². The van der Waals surface area contributed by atoms with Gasteiger partial charge in [-0.05, 0) is 23.8 Å². The molecule has 0 heterocycles. The summed E-state index contributed by atoms with van der Waals surface area (Å²) < 4.78 is 0. The van der Waals surface area contributed by atoms with Crippen LogP contribution in [0.2, 0.25) is 5.02 Å². The molecule has 0 bridgehead atoms. The van der Waals surface area contributed by atoms with Crippen LogP contribution in [0.5, 0.6) is 0 Å². The van der Waals surface area contributed by atoms with Crippen molar-refractivity contribution in [2.45, 2.75) is 6.54 Å². The Morgan fingerprint density at radius 2 is 1.84 bits per heavy atom. The second-order valence-corrected chi connectivity index (χ2v) is 4.59. The Hall–Kier alpha value is -1.84. The number of anilines is 1. The summed E-state index contributed by atoms with van der Waals surface area (Å²) in [4.78, 5) is 13.6. The maximum absolute atomic E-state index is 12.0. The molecule has 98 valence electrons. The predicted molar refractivity (Wildman–Crippen MR) is 78.1 cm³/mol. The maximum atomic E-state index is 12.0. The summed E-state index contributed by atoms with van der Waals surface area (Å²) in [6.07, 6.45) is 0. The van der Waals surface area contributed by atoms with Gasteiger partial charge in [0.1, 0.15) is 0 Å². The highest BCUT2D eigenvalue weighted by Crippen LogP contribution is 2.21. The van der Waals surface area contributed by atoms with E-state index in [9.17, 15) is 4.79 Å². The van der Waals surface area contributed by atoms with Crippen LogP contribution in [0, 0.1) is 0 Å². The van der Waals surface area contributed by atoms with E-state index in [1.807, 2.05) is 42.5 Å². The normalized spacial score (nSPS) is 10.2. The fraction of sp³-hybridized carbons (Fsp3) is 0.133. The molecule has 0 radical (unpaired) electrons. The summed E-state index contributed by atoms with van der Waals surface area (Å²) in [6.45, 7) is 0.455. The van der Waals surface area contributed by atoms with E-state index in [0.29, 0.717) is 11.6 Å². The lowest BCUT2D eigenvalue weighted by molar-refractivity contribution is -0.117. The van der Waals surface area contributed by atoms with E-state index in [4.69, 9.17) is 17.3 Å². The number of amides is 1. The molecule has 0 unspecified atom stereocenters. The topological polar surface area (TPSA) is 46.3 Å². The standard InChI is InChI=1S/C15H15ClN2O/c16-13-7-4-8-14(9-13)18(15(19)10-17)11-12-5-2-1-3-6-12/h1-9H,10-11,17H2. The second-order valence-electron chi connectivity index (χ2n) is 4.15. The fourth-order valence-electron chi connectivity index (χ4n) is 1.84. The van der Waals surface area contributed by atoms with Gasteiger partial charge < -0.3 is 10.6 Å². The lowest BCUT2D eigenvalue weighted by Gasteiger charge is -2.22. The van der Waals surface area contributed by atoms with E-state index in [-0.39, 0.29) is 12.5 Å². The first-order valence-corrected chi connectivity index (χ1v) is 6.38. The van der Waals surface area contributed by atoms with Crippen molar-refractivity contribution in [2.75, 3.05) is 11.4 Å². The number of carbonyl (C=O) groups excluding carboxylic acids is 1. The third-order valence-corrected chi connectivity index (χ3v) is 3.01. The van der Waals surface area contributed by atoms with E-state index in [1.54, 1.807) is 17.0 Å². The molecule has 0 spiro atoms. The minimum absolute atomic E-state index is 0.0284. The van der Waals surface area contributed by atoms with E-state index < -0.39 is 0 Å². The number of carbonyl (C=O) groups is 1. The van der Waals surface area contributed by atoms with Gasteiger partial charge in [-0.15, -0.1) is 0 Å². The average molecular weight is 275 g/mol. The molecule has 19 heavy (non-hydrogen) atoms. The minimum Gasteiger partial charge on any atom is -0.322 e. The first-order valence-electron chi connectivity index (χ1n) is 6.00. The van der Waals surface area contributed by atoms with Gasteiger partial charge in [0.2, 0.25) is 5.91 Å². The smallest absolute Gasteiger partial charge is 0.241 e. The highest BCUT2D eigenvalue weighted by atomic mass is 35.5. The molecule has 0 fully saturated rings. The number of hydrogen-bond acceptors (Lipinski definition) is 2. The summed E-state index contributed by atoms with van der Waals surface area (Å²) >= 11 is 5.97. The largest absolute Gasteiger partial charge is 0.322 e. The number of benzene rings is 2. The molecular weight excluding hydrogens is 260 g/mol. The fourth-order valence-corrected chi connectivity index (χ4v) is 2.03. The molecule has 2 rings (SSSR count). The zero-order valence-electron chi connectivity index (χ0n) is 10.4. The van der Waals surface area contributed by atoms with E-state index >= 15 is 0 Å². The summed E-state index contributed by atoms with van der Waals surface area (Å²) in [5.74, 6) is -0.133. The molecule has 0 aliphatic carbocycles. The molecule has 0 aliphatic rings. The zero-order chi connectivity index (χ0) is 13.7. The average Bonchev–Trinajstić information content (AvgIpc) is 2.45. The van der Waals surface area contributed by atoms with Gasteiger partial charge in [-0.2, -0.15) is 0 Å². The van der Waals surface area contributed by atoms with Crippen LogP contribution in [0.3, 0.4) is 0 Å². The zero-order valence-corrected chi connectivity index (χ0v) is 11.2. The molecule has 0 aliphatic heterocycles. The van der Waals surface area contributed by atoms with Crippen molar-refractivity contribution in [3.05, 3.63) is 65.2 Å². The number of halogens is 1. The molecule has 1 amide bonds. The van der Waals surface area contributed by atoms with Gasteiger partial charge in [0.05, 0.1) is 13.1 Å². The Kier molecular flexibility index (Phi) is 4.55. The van der Waals surface area contributed by atoms with Crippen molar-refractivity contribution in [2.24, 2.45) is 5.73 Å². The van der Waals surface area contributed by atoms with Gasteiger partial charge in [-0.1, -0.05) is 48.0 Å². The summed E-state index contributed by atoms with van der Waals surface area (Å²) in [6, 6.07) is 17.0. The van der Waals surface area contributed by atoms with Crippen LogP contribution in [0.1, 0.15) is 5.56 Å². The van der Waals surface area contributed by atoms with Gasteiger partial charge in [0.25, 0.3) is 0 Å². The van der Waals surface area contributed by atoms with E-state index in [2.05, 4.69) is 0 Å². The molecular formula is C15H15ClN2O. The molecule has 2 aromatic carbocycles. The molecule has 4 heteroatoms. The van der Waals surface area contributed by atoms with Crippen LogP contribution in [0.15, 0.2) is 54.6 Å². The maximum Gasteiger partial charge on any atom is 0.241 e.